The minimum absolute atomic E-state index is 0.132. The van der Waals surface area contributed by atoms with Crippen LogP contribution in [0.1, 0.15) is 24.1 Å². The molecule has 3 rings (SSSR count). The van der Waals surface area contributed by atoms with E-state index in [1.54, 1.807) is 0 Å². The van der Waals surface area contributed by atoms with Crippen LogP contribution in [0, 0.1) is 12.8 Å². The molecule has 0 spiro atoms. The van der Waals surface area contributed by atoms with Gasteiger partial charge in [-0.25, -0.2) is 0 Å². The number of aryl methyl sites for hydroxylation is 1. The molecule has 1 saturated heterocycles. The smallest absolute Gasteiger partial charge is 0.227 e. The third-order valence-corrected chi connectivity index (χ3v) is 4.62. The standard InChI is InChI=1S/C18H27N3O2/c1-14-3-4-16(10-19-14)9-18(22)21(11-15-5-6-15)13-17-12-20(2)7-8-23-17/h3-4,10,15,17H,5-9,11-13H2,1-2H3/t17-/m1/s1. The lowest BCUT2D eigenvalue weighted by Gasteiger charge is -2.34. The van der Waals surface area contributed by atoms with Crippen molar-refractivity contribution >= 4 is 5.91 Å². The molecule has 2 aliphatic rings. The number of rotatable bonds is 6. The Labute approximate surface area is 138 Å². The number of amides is 1. The monoisotopic (exact) mass is 317 g/mol. The van der Waals surface area contributed by atoms with Gasteiger partial charge in [0.05, 0.1) is 19.1 Å². The van der Waals surface area contributed by atoms with E-state index in [1.165, 1.54) is 12.8 Å². The Morgan fingerprint density at radius 1 is 1.39 bits per heavy atom. The topological polar surface area (TPSA) is 45.7 Å². The van der Waals surface area contributed by atoms with Gasteiger partial charge in [-0.05, 0) is 44.4 Å². The normalized spacial score (nSPS) is 22.1. The largest absolute Gasteiger partial charge is 0.374 e. The van der Waals surface area contributed by atoms with Crippen molar-refractivity contribution in [3.05, 3.63) is 29.6 Å². The van der Waals surface area contributed by atoms with E-state index < -0.39 is 0 Å². The maximum atomic E-state index is 12.7. The molecule has 126 valence electrons. The average molecular weight is 317 g/mol. The summed E-state index contributed by atoms with van der Waals surface area (Å²) in [6.07, 6.45) is 4.88. The van der Waals surface area contributed by atoms with Crippen LogP contribution in [-0.2, 0) is 16.0 Å². The SMILES string of the molecule is Cc1ccc(CC(=O)N(CC2CC2)C[C@H]2CN(C)CCO2)cn1. The Morgan fingerprint density at radius 3 is 2.87 bits per heavy atom. The predicted molar refractivity (Wildman–Crippen MR) is 89.2 cm³/mol. The zero-order valence-corrected chi connectivity index (χ0v) is 14.2. The number of ether oxygens (including phenoxy) is 1. The molecule has 0 aromatic carbocycles. The van der Waals surface area contributed by atoms with Crippen molar-refractivity contribution in [2.75, 3.05) is 39.8 Å². The fourth-order valence-corrected chi connectivity index (χ4v) is 3.00. The maximum Gasteiger partial charge on any atom is 0.227 e. The molecule has 0 N–H and O–H groups in total. The van der Waals surface area contributed by atoms with Gasteiger partial charge in [0.1, 0.15) is 0 Å². The number of pyridine rings is 1. The number of carbonyl (C=O) groups is 1. The molecule has 5 heteroatoms. The molecule has 0 radical (unpaired) electrons. The highest BCUT2D eigenvalue weighted by molar-refractivity contribution is 5.78. The van der Waals surface area contributed by atoms with Gasteiger partial charge in [-0.3, -0.25) is 9.78 Å². The van der Waals surface area contributed by atoms with E-state index in [4.69, 9.17) is 4.74 Å². The Morgan fingerprint density at radius 2 is 2.22 bits per heavy atom. The lowest BCUT2D eigenvalue weighted by molar-refractivity contribution is -0.134. The van der Waals surface area contributed by atoms with E-state index >= 15 is 0 Å². The van der Waals surface area contributed by atoms with Gasteiger partial charge in [0.25, 0.3) is 0 Å². The molecule has 1 aliphatic heterocycles. The van der Waals surface area contributed by atoms with Gasteiger partial charge in [-0.15, -0.1) is 0 Å². The number of hydrogen-bond acceptors (Lipinski definition) is 4. The number of morpholine rings is 1. The van der Waals surface area contributed by atoms with Crippen LogP contribution in [0.25, 0.3) is 0 Å². The summed E-state index contributed by atoms with van der Waals surface area (Å²) in [5.74, 6) is 0.885. The molecule has 5 nitrogen and oxygen atoms in total. The lowest BCUT2D eigenvalue weighted by Crippen LogP contribution is -2.48. The van der Waals surface area contributed by atoms with Gasteiger partial charge in [-0.2, -0.15) is 0 Å². The van der Waals surface area contributed by atoms with Crippen LogP contribution in [0.3, 0.4) is 0 Å². The molecule has 1 aromatic rings. The summed E-state index contributed by atoms with van der Waals surface area (Å²) >= 11 is 0. The van der Waals surface area contributed by atoms with Crippen molar-refractivity contribution in [3.8, 4) is 0 Å². The van der Waals surface area contributed by atoms with Gasteiger partial charge in [0, 0.05) is 38.1 Å². The highest BCUT2D eigenvalue weighted by Gasteiger charge is 2.29. The molecule has 2 heterocycles. The summed E-state index contributed by atoms with van der Waals surface area (Å²) in [4.78, 5) is 21.3. The number of aromatic nitrogens is 1. The average Bonchev–Trinajstić information content (AvgIpc) is 3.33. The van der Waals surface area contributed by atoms with Gasteiger partial charge in [0.2, 0.25) is 5.91 Å². The van der Waals surface area contributed by atoms with Gasteiger partial charge >= 0.3 is 0 Å². The van der Waals surface area contributed by atoms with Crippen molar-refractivity contribution in [2.45, 2.75) is 32.3 Å². The molecule has 0 unspecified atom stereocenters. The summed E-state index contributed by atoms with van der Waals surface area (Å²) in [5, 5.41) is 0. The van der Waals surface area contributed by atoms with Crippen molar-refractivity contribution in [1.82, 2.24) is 14.8 Å². The summed E-state index contributed by atoms with van der Waals surface area (Å²) in [7, 11) is 2.11. The molecular weight excluding hydrogens is 290 g/mol. The number of likely N-dealkylation sites (N-methyl/N-ethyl adjacent to an activating group) is 1. The maximum absolute atomic E-state index is 12.7. The van der Waals surface area contributed by atoms with Gasteiger partial charge in [-0.1, -0.05) is 6.07 Å². The molecular formula is C18H27N3O2. The van der Waals surface area contributed by atoms with Gasteiger partial charge < -0.3 is 14.5 Å². The van der Waals surface area contributed by atoms with E-state index in [2.05, 4.69) is 16.9 Å². The van der Waals surface area contributed by atoms with Crippen molar-refractivity contribution in [3.63, 3.8) is 0 Å². The quantitative estimate of drug-likeness (QED) is 0.798. The van der Waals surface area contributed by atoms with Crippen molar-refractivity contribution < 1.29 is 9.53 Å². The minimum atomic E-state index is 0.132. The molecule has 1 aliphatic carbocycles. The number of carbonyl (C=O) groups excluding carboxylic acids is 1. The van der Waals surface area contributed by atoms with Crippen LogP contribution in [0.5, 0.6) is 0 Å². The first-order valence-corrected chi connectivity index (χ1v) is 8.59. The van der Waals surface area contributed by atoms with E-state index in [-0.39, 0.29) is 12.0 Å². The van der Waals surface area contributed by atoms with Crippen LogP contribution in [0.15, 0.2) is 18.3 Å². The molecule has 1 atom stereocenters. The second kappa shape index (κ2) is 7.41. The predicted octanol–water partition coefficient (Wildman–Crippen LogP) is 1.50. The summed E-state index contributed by atoms with van der Waals surface area (Å²) in [6.45, 7) is 6.18. The lowest BCUT2D eigenvalue weighted by atomic mass is 10.1. The van der Waals surface area contributed by atoms with Crippen molar-refractivity contribution in [1.29, 1.82) is 0 Å². The Bertz CT molecular complexity index is 528. The van der Waals surface area contributed by atoms with E-state index in [0.29, 0.717) is 18.9 Å². The fourth-order valence-electron chi connectivity index (χ4n) is 3.00. The Hall–Kier alpha value is -1.46. The fraction of sp³-hybridized carbons (Fsp3) is 0.667. The molecule has 2 fully saturated rings. The third kappa shape index (κ3) is 5.01. The summed E-state index contributed by atoms with van der Waals surface area (Å²) in [5.41, 5.74) is 1.97. The van der Waals surface area contributed by atoms with Crippen LogP contribution in [0.2, 0.25) is 0 Å². The van der Waals surface area contributed by atoms with Crippen LogP contribution in [-0.4, -0.2) is 66.6 Å². The molecule has 1 saturated carbocycles. The van der Waals surface area contributed by atoms with Crippen LogP contribution in [0.4, 0.5) is 0 Å². The van der Waals surface area contributed by atoms with E-state index in [0.717, 1.165) is 37.5 Å². The van der Waals surface area contributed by atoms with Gasteiger partial charge in [0.15, 0.2) is 0 Å². The van der Waals surface area contributed by atoms with Crippen LogP contribution >= 0.6 is 0 Å². The van der Waals surface area contributed by atoms with Crippen molar-refractivity contribution in [2.24, 2.45) is 5.92 Å². The first-order chi connectivity index (χ1) is 11.1. The molecule has 23 heavy (non-hydrogen) atoms. The second-order valence-electron chi connectivity index (χ2n) is 6.98. The third-order valence-electron chi connectivity index (χ3n) is 4.62. The first-order valence-electron chi connectivity index (χ1n) is 8.59. The van der Waals surface area contributed by atoms with E-state index in [1.807, 2.05) is 30.2 Å². The minimum Gasteiger partial charge on any atom is -0.374 e. The molecule has 1 aromatic heterocycles. The number of hydrogen-bond donors (Lipinski definition) is 0. The number of nitrogens with zero attached hydrogens (tertiary/aromatic N) is 3. The highest BCUT2D eigenvalue weighted by atomic mass is 16.5. The molecule has 1 amide bonds. The Kier molecular flexibility index (Phi) is 5.28. The second-order valence-corrected chi connectivity index (χ2v) is 6.98. The molecule has 0 bridgehead atoms. The van der Waals surface area contributed by atoms with E-state index in [9.17, 15) is 4.79 Å². The highest BCUT2D eigenvalue weighted by Crippen LogP contribution is 2.30. The summed E-state index contributed by atoms with van der Waals surface area (Å²) in [6, 6.07) is 3.97. The first kappa shape index (κ1) is 16.4. The van der Waals surface area contributed by atoms with Crippen LogP contribution < -0.4 is 0 Å². The summed E-state index contributed by atoms with van der Waals surface area (Å²) < 4.78 is 5.85. The zero-order chi connectivity index (χ0) is 16.2. The Balaban J connectivity index is 1.60. The zero-order valence-electron chi connectivity index (χ0n) is 14.2.